The van der Waals surface area contributed by atoms with Crippen molar-refractivity contribution in [2.45, 2.75) is 32.2 Å². The third kappa shape index (κ3) is 3.85. The van der Waals surface area contributed by atoms with Crippen molar-refractivity contribution >= 4 is 11.9 Å². The van der Waals surface area contributed by atoms with Crippen molar-refractivity contribution in [1.82, 2.24) is 5.32 Å². The number of carbonyl (C=O) groups excluding carboxylic acids is 1. The van der Waals surface area contributed by atoms with Crippen LogP contribution in [-0.4, -0.2) is 34.7 Å². The minimum atomic E-state index is -0.927. The van der Waals surface area contributed by atoms with E-state index >= 15 is 0 Å². The maximum atomic E-state index is 11.9. The molecule has 17 heavy (non-hydrogen) atoms. The molecule has 0 heterocycles. The van der Waals surface area contributed by atoms with Crippen LogP contribution < -0.4 is 5.32 Å². The molecule has 0 bridgehead atoms. The zero-order valence-corrected chi connectivity index (χ0v) is 9.93. The molecular weight excluding hydrogens is 222 g/mol. The normalized spacial score (nSPS) is 25.3. The predicted molar refractivity (Wildman–Crippen MR) is 62.3 cm³/mol. The number of rotatable bonds is 5. The molecule has 0 spiro atoms. The molecule has 3 N–H and O–H groups in total. The van der Waals surface area contributed by atoms with Crippen LogP contribution in [0.25, 0.3) is 0 Å². The Bertz CT molecular complexity index is 314. The first kappa shape index (κ1) is 13.7. The molecule has 0 radical (unpaired) electrons. The van der Waals surface area contributed by atoms with E-state index in [9.17, 15) is 9.59 Å². The van der Waals surface area contributed by atoms with E-state index in [0.717, 1.165) is 0 Å². The third-order valence-corrected chi connectivity index (χ3v) is 3.04. The van der Waals surface area contributed by atoms with Crippen molar-refractivity contribution in [3.05, 3.63) is 12.2 Å². The van der Waals surface area contributed by atoms with Gasteiger partial charge in [0.05, 0.1) is 11.8 Å². The van der Waals surface area contributed by atoms with Gasteiger partial charge in [0.1, 0.15) is 0 Å². The van der Waals surface area contributed by atoms with Crippen LogP contribution in [0, 0.1) is 11.8 Å². The Balaban J connectivity index is 2.60. The zero-order valence-electron chi connectivity index (χ0n) is 9.93. The first-order chi connectivity index (χ1) is 8.06. The summed E-state index contributed by atoms with van der Waals surface area (Å²) < 4.78 is 0. The van der Waals surface area contributed by atoms with Gasteiger partial charge < -0.3 is 15.5 Å². The zero-order chi connectivity index (χ0) is 12.8. The fraction of sp³-hybridized carbons (Fsp3) is 0.667. The first-order valence-corrected chi connectivity index (χ1v) is 5.85. The monoisotopic (exact) mass is 241 g/mol. The molecular formula is C12H19NO4. The molecule has 1 aliphatic carbocycles. The molecule has 5 heteroatoms. The third-order valence-electron chi connectivity index (χ3n) is 3.04. The highest BCUT2D eigenvalue weighted by atomic mass is 16.4. The molecule has 5 nitrogen and oxygen atoms in total. The lowest BCUT2D eigenvalue weighted by Gasteiger charge is -2.25. The number of hydrogen-bond donors (Lipinski definition) is 3. The van der Waals surface area contributed by atoms with Crippen LogP contribution in [0.3, 0.4) is 0 Å². The molecule has 3 unspecified atom stereocenters. The van der Waals surface area contributed by atoms with Crippen LogP contribution in [0.4, 0.5) is 0 Å². The standard InChI is InChI=1S/C12H19NO4/c1-8(6-7-14)13-11(15)9-4-2-3-5-10(9)12(16)17/h2-3,8-10,14H,4-7H2,1H3,(H,13,15)(H,16,17). The summed E-state index contributed by atoms with van der Waals surface area (Å²) in [6.07, 6.45) is 5.00. The fourth-order valence-corrected chi connectivity index (χ4v) is 1.99. The summed E-state index contributed by atoms with van der Waals surface area (Å²) in [5.74, 6) is -2.30. The van der Waals surface area contributed by atoms with Gasteiger partial charge in [-0.05, 0) is 26.2 Å². The SMILES string of the molecule is CC(CCO)NC(=O)C1CC=CCC1C(=O)O. The topological polar surface area (TPSA) is 86.6 Å². The fourth-order valence-electron chi connectivity index (χ4n) is 1.99. The van der Waals surface area contributed by atoms with Gasteiger partial charge in [-0.25, -0.2) is 0 Å². The Kier molecular flexibility index (Phi) is 5.15. The smallest absolute Gasteiger partial charge is 0.307 e. The summed E-state index contributed by atoms with van der Waals surface area (Å²) in [4.78, 5) is 22.9. The van der Waals surface area contributed by atoms with E-state index in [1.54, 1.807) is 13.0 Å². The first-order valence-electron chi connectivity index (χ1n) is 5.85. The van der Waals surface area contributed by atoms with Crippen LogP contribution in [0.1, 0.15) is 26.2 Å². The highest BCUT2D eigenvalue weighted by Crippen LogP contribution is 2.26. The van der Waals surface area contributed by atoms with E-state index in [-0.39, 0.29) is 18.6 Å². The summed E-state index contributed by atoms with van der Waals surface area (Å²) in [5.41, 5.74) is 0. The molecule has 0 aromatic heterocycles. The summed E-state index contributed by atoms with van der Waals surface area (Å²) in [7, 11) is 0. The van der Waals surface area contributed by atoms with E-state index in [1.165, 1.54) is 0 Å². The molecule has 0 aromatic carbocycles. The summed E-state index contributed by atoms with van der Waals surface area (Å²) >= 11 is 0. The number of aliphatic hydroxyl groups is 1. The Labute approximate surface area is 101 Å². The number of amides is 1. The largest absolute Gasteiger partial charge is 0.481 e. The van der Waals surface area contributed by atoms with E-state index in [0.29, 0.717) is 19.3 Å². The van der Waals surface area contributed by atoms with Crippen LogP contribution in [0.5, 0.6) is 0 Å². The van der Waals surface area contributed by atoms with E-state index < -0.39 is 17.8 Å². The average Bonchev–Trinajstić information content (AvgIpc) is 2.29. The van der Waals surface area contributed by atoms with Gasteiger partial charge in [-0.1, -0.05) is 12.2 Å². The van der Waals surface area contributed by atoms with Crippen molar-refractivity contribution in [2.75, 3.05) is 6.61 Å². The van der Waals surface area contributed by atoms with Crippen LogP contribution in [-0.2, 0) is 9.59 Å². The van der Waals surface area contributed by atoms with Crippen molar-refractivity contribution in [3.8, 4) is 0 Å². The lowest BCUT2D eigenvalue weighted by Crippen LogP contribution is -2.42. The number of carboxylic acids is 1. The van der Waals surface area contributed by atoms with Gasteiger partial charge in [0, 0.05) is 12.6 Å². The quantitative estimate of drug-likeness (QED) is 0.613. The summed E-state index contributed by atoms with van der Waals surface area (Å²) in [6, 6.07) is -0.132. The van der Waals surface area contributed by atoms with Crippen molar-refractivity contribution in [2.24, 2.45) is 11.8 Å². The van der Waals surface area contributed by atoms with Crippen molar-refractivity contribution in [3.63, 3.8) is 0 Å². The molecule has 0 aliphatic heterocycles. The van der Waals surface area contributed by atoms with Gasteiger partial charge in [0.15, 0.2) is 0 Å². The number of carbonyl (C=O) groups is 2. The molecule has 1 amide bonds. The number of hydrogen-bond acceptors (Lipinski definition) is 3. The Morgan fingerprint density at radius 1 is 1.35 bits per heavy atom. The van der Waals surface area contributed by atoms with Crippen molar-refractivity contribution in [1.29, 1.82) is 0 Å². The van der Waals surface area contributed by atoms with Gasteiger partial charge in [-0.3, -0.25) is 9.59 Å². The van der Waals surface area contributed by atoms with E-state index in [2.05, 4.69) is 5.32 Å². The predicted octanol–water partition coefficient (Wildman–Crippen LogP) is 0.541. The molecule has 96 valence electrons. The molecule has 0 saturated heterocycles. The molecule has 1 aliphatic rings. The van der Waals surface area contributed by atoms with E-state index in [1.807, 2.05) is 6.08 Å². The number of nitrogens with one attached hydrogen (secondary N) is 1. The number of aliphatic hydroxyl groups excluding tert-OH is 1. The van der Waals surface area contributed by atoms with Crippen LogP contribution in [0.15, 0.2) is 12.2 Å². The molecule has 3 atom stereocenters. The highest BCUT2D eigenvalue weighted by Gasteiger charge is 2.34. The molecule has 0 aromatic rings. The second-order valence-electron chi connectivity index (χ2n) is 4.42. The second kappa shape index (κ2) is 6.39. The highest BCUT2D eigenvalue weighted by molar-refractivity contribution is 5.85. The number of aliphatic carboxylic acids is 1. The maximum Gasteiger partial charge on any atom is 0.307 e. The minimum absolute atomic E-state index is 0.00831. The Morgan fingerprint density at radius 2 is 1.94 bits per heavy atom. The van der Waals surface area contributed by atoms with Gasteiger partial charge in [0.2, 0.25) is 5.91 Å². The molecule has 1 rings (SSSR count). The summed E-state index contributed by atoms with van der Waals surface area (Å²) in [6.45, 7) is 1.80. The number of carboxylic acid groups (broad SMARTS) is 1. The van der Waals surface area contributed by atoms with Gasteiger partial charge >= 0.3 is 5.97 Å². The van der Waals surface area contributed by atoms with E-state index in [4.69, 9.17) is 10.2 Å². The Hall–Kier alpha value is -1.36. The molecule has 0 saturated carbocycles. The van der Waals surface area contributed by atoms with Crippen LogP contribution in [0.2, 0.25) is 0 Å². The maximum absolute atomic E-state index is 11.9. The molecule has 0 fully saturated rings. The van der Waals surface area contributed by atoms with Crippen molar-refractivity contribution < 1.29 is 19.8 Å². The van der Waals surface area contributed by atoms with Gasteiger partial charge in [-0.2, -0.15) is 0 Å². The van der Waals surface area contributed by atoms with Gasteiger partial charge in [-0.15, -0.1) is 0 Å². The lowest BCUT2D eigenvalue weighted by atomic mass is 9.82. The lowest BCUT2D eigenvalue weighted by molar-refractivity contribution is -0.147. The van der Waals surface area contributed by atoms with Crippen LogP contribution >= 0.6 is 0 Å². The van der Waals surface area contributed by atoms with Gasteiger partial charge in [0.25, 0.3) is 0 Å². The minimum Gasteiger partial charge on any atom is -0.481 e. The second-order valence-corrected chi connectivity index (χ2v) is 4.42. The summed E-state index contributed by atoms with van der Waals surface area (Å²) in [5, 5.41) is 20.5. The number of allylic oxidation sites excluding steroid dienone is 2. The Morgan fingerprint density at radius 3 is 2.47 bits per heavy atom. The average molecular weight is 241 g/mol.